The van der Waals surface area contributed by atoms with E-state index in [0.29, 0.717) is 5.82 Å². The number of hydrogen-bond donors (Lipinski definition) is 0. The van der Waals surface area contributed by atoms with Crippen LogP contribution in [0.1, 0.15) is 23.6 Å². The van der Waals surface area contributed by atoms with Gasteiger partial charge in [-0.15, -0.1) is 0 Å². The summed E-state index contributed by atoms with van der Waals surface area (Å²) in [5.41, 5.74) is 15.2. The van der Waals surface area contributed by atoms with Gasteiger partial charge < -0.3 is 4.42 Å². The molecule has 0 radical (unpaired) electrons. The molecule has 1 unspecified atom stereocenters. The van der Waals surface area contributed by atoms with Crippen LogP contribution in [0.25, 0.3) is 88.9 Å². The lowest BCUT2D eigenvalue weighted by molar-refractivity contribution is 0.669. The lowest BCUT2D eigenvalue weighted by Gasteiger charge is -2.28. The Morgan fingerprint density at radius 2 is 0.982 bits per heavy atom. The molecular formula is C52H34N2O. The van der Waals surface area contributed by atoms with E-state index in [9.17, 15) is 0 Å². The maximum absolute atomic E-state index is 6.30. The summed E-state index contributed by atoms with van der Waals surface area (Å²) >= 11 is 0. The van der Waals surface area contributed by atoms with Crippen molar-refractivity contribution in [3.05, 3.63) is 205 Å². The highest BCUT2D eigenvalue weighted by molar-refractivity contribution is 6.12. The van der Waals surface area contributed by atoms with Crippen molar-refractivity contribution >= 4 is 32.7 Å². The van der Waals surface area contributed by atoms with Crippen LogP contribution in [0.5, 0.6) is 0 Å². The number of hydrogen-bond acceptors (Lipinski definition) is 3. The molecule has 2 heterocycles. The third-order valence-corrected chi connectivity index (χ3v) is 11.6. The summed E-state index contributed by atoms with van der Waals surface area (Å²) in [6.07, 6.45) is 0. The molecule has 3 nitrogen and oxygen atoms in total. The van der Waals surface area contributed by atoms with E-state index < -0.39 is 0 Å². The van der Waals surface area contributed by atoms with E-state index in [-0.39, 0.29) is 5.41 Å². The predicted octanol–water partition coefficient (Wildman–Crippen LogP) is 13.5. The number of furan rings is 1. The SMILES string of the molecule is CC1(c2ccccc2)c2ccccc2-c2ccc(-c3ccc(-c4cc(-c5cccc6oc7ccccc7c56)nc(-c5ccccc5)n4)c4ccccc34)cc21. The number of benzene rings is 8. The van der Waals surface area contributed by atoms with Crippen LogP contribution in [0.15, 0.2) is 192 Å². The summed E-state index contributed by atoms with van der Waals surface area (Å²) in [5, 5.41) is 4.46. The maximum Gasteiger partial charge on any atom is 0.160 e. The van der Waals surface area contributed by atoms with Crippen molar-refractivity contribution in [1.29, 1.82) is 0 Å². The molecule has 55 heavy (non-hydrogen) atoms. The van der Waals surface area contributed by atoms with Crippen LogP contribution in [0.3, 0.4) is 0 Å². The molecule has 1 aliphatic rings. The second-order valence-corrected chi connectivity index (χ2v) is 14.6. The number of rotatable bonds is 5. The van der Waals surface area contributed by atoms with Gasteiger partial charge in [-0.05, 0) is 80.9 Å². The molecule has 0 saturated heterocycles. The Labute approximate surface area is 319 Å². The summed E-state index contributed by atoms with van der Waals surface area (Å²) in [5.74, 6) is 0.685. The van der Waals surface area contributed by atoms with Crippen molar-refractivity contribution in [2.45, 2.75) is 12.3 Å². The second-order valence-electron chi connectivity index (χ2n) is 14.6. The predicted molar refractivity (Wildman–Crippen MR) is 226 cm³/mol. The van der Waals surface area contributed by atoms with E-state index in [0.717, 1.165) is 55.4 Å². The van der Waals surface area contributed by atoms with Crippen molar-refractivity contribution in [2.75, 3.05) is 0 Å². The first kappa shape index (κ1) is 31.4. The molecule has 0 spiro atoms. The van der Waals surface area contributed by atoms with Gasteiger partial charge >= 0.3 is 0 Å². The summed E-state index contributed by atoms with van der Waals surface area (Å²) in [4.78, 5) is 10.5. The van der Waals surface area contributed by atoms with Crippen LogP contribution in [-0.2, 0) is 5.41 Å². The average molecular weight is 703 g/mol. The fourth-order valence-electron chi connectivity index (χ4n) is 8.94. The minimum absolute atomic E-state index is 0.271. The lowest BCUT2D eigenvalue weighted by atomic mass is 9.74. The highest BCUT2D eigenvalue weighted by Crippen LogP contribution is 2.53. The average Bonchev–Trinajstić information content (AvgIpc) is 3.77. The van der Waals surface area contributed by atoms with Crippen molar-refractivity contribution in [3.63, 3.8) is 0 Å². The van der Waals surface area contributed by atoms with Crippen LogP contribution in [0, 0.1) is 0 Å². The molecule has 258 valence electrons. The van der Waals surface area contributed by atoms with Crippen LogP contribution < -0.4 is 0 Å². The standard InChI is InChI=1S/C52H34N2O/c1-52(35-17-6-3-7-18-35)44-24-12-10-21-39(44)40-28-27-34(31-45(40)52)36-29-30-41(38-20-9-8-19-37(36)38)46-32-47(54-51(53-46)33-15-4-2-5-16-33)42-23-14-26-49-50(42)43-22-11-13-25-48(43)55-49/h2-32H,1H3. The largest absolute Gasteiger partial charge is 0.456 e. The Morgan fingerprint density at radius 1 is 0.400 bits per heavy atom. The van der Waals surface area contributed by atoms with Gasteiger partial charge in [0.15, 0.2) is 5.82 Å². The van der Waals surface area contributed by atoms with E-state index in [4.69, 9.17) is 14.4 Å². The van der Waals surface area contributed by atoms with Crippen LogP contribution >= 0.6 is 0 Å². The zero-order valence-corrected chi connectivity index (χ0v) is 30.2. The van der Waals surface area contributed by atoms with E-state index in [1.165, 1.54) is 44.3 Å². The number of aromatic nitrogens is 2. The van der Waals surface area contributed by atoms with Gasteiger partial charge in [0.1, 0.15) is 11.2 Å². The summed E-state index contributed by atoms with van der Waals surface area (Å²) in [6, 6.07) is 66.9. The highest BCUT2D eigenvalue weighted by Gasteiger charge is 2.40. The Bertz CT molecular complexity index is 3110. The summed E-state index contributed by atoms with van der Waals surface area (Å²) in [6.45, 7) is 2.38. The Morgan fingerprint density at radius 3 is 1.80 bits per heavy atom. The molecule has 0 fully saturated rings. The molecule has 0 saturated carbocycles. The monoisotopic (exact) mass is 702 g/mol. The molecular weight excluding hydrogens is 669 g/mol. The summed E-state index contributed by atoms with van der Waals surface area (Å²) in [7, 11) is 0. The third-order valence-electron chi connectivity index (χ3n) is 11.6. The van der Waals surface area contributed by atoms with Gasteiger partial charge in [-0.3, -0.25) is 0 Å². The van der Waals surface area contributed by atoms with Crippen LogP contribution in [-0.4, -0.2) is 9.97 Å². The fourth-order valence-corrected chi connectivity index (χ4v) is 8.94. The first-order chi connectivity index (χ1) is 27.1. The number of para-hydroxylation sites is 1. The smallest absolute Gasteiger partial charge is 0.160 e. The zero-order chi connectivity index (χ0) is 36.5. The maximum atomic E-state index is 6.30. The van der Waals surface area contributed by atoms with Gasteiger partial charge in [-0.1, -0.05) is 164 Å². The fraction of sp³-hybridized carbons (Fsp3) is 0.0385. The van der Waals surface area contributed by atoms with Crippen molar-refractivity contribution < 1.29 is 4.42 Å². The van der Waals surface area contributed by atoms with E-state index >= 15 is 0 Å². The molecule has 0 aliphatic heterocycles. The molecule has 0 N–H and O–H groups in total. The quantitative estimate of drug-likeness (QED) is 0.179. The Balaban J connectivity index is 1.11. The first-order valence-corrected chi connectivity index (χ1v) is 18.8. The topological polar surface area (TPSA) is 38.9 Å². The van der Waals surface area contributed by atoms with E-state index in [1.54, 1.807) is 0 Å². The minimum atomic E-state index is -0.271. The van der Waals surface area contributed by atoms with Gasteiger partial charge in [0.05, 0.1) is 11.4 Å². The normalized spacial score (nSPS) is 14.7. The molecule has 11 rings (SSSR count). The van der Waals surface area contributed by atoms with Gasteiger partial charge in [-0.2, -0.15) is 0 Å². The van der Waals surface area contributed by atoms with Crippen molar-refractivity contribution in [3.8, 4) is 56.2 Å². The van der Waals surface area contributed by atoms with Gasteiger partial charge in [0.2, 0.25) is 0 Å². The molecule has 3 heteroatoms. The van der Waals surface area contributed by atoms with Crippen molar-refractivity contribution in [2.24, 2.45) is 0 Å². The second kappa shape index (κ2) is 12.2. The molecule has 1 aliphatic carbocycles. The van der Waals surface area contributed by atoms with E-state index in [1.807, 2.05) is 42.5 Å². The van der Waals surface area contributed by atoms with E-state index in [2.05, 4.69) is 153 Å². The molecule has 2 aromatic heterocycles. The summed E-state index contributed by atoms with van der Waals surface area (Å²) < 4.78 is 6.30. The number of nitrogens with zero attached hydrogens (tertiary/aromatic N) is 2. The molecule has 1 atom stereocenters. The molecule has 8 aromatic carbocycles. The highest BCUT2D eigenvalue weighted by atomic mass is 16.3. The van der Waals surface area contributed by atoms with Crippen LogP contribution in [0.4, 0.5) is 0 Å². The number of fused-ring (bicyclic) bond motifs is 7. The molecule has 0 bridgehead atoms. The van der Waals surface area contributed by atoms with Crippen molar-refractivity contribution in [1.82, 2.24) is 9.97 Å². The van der Waals surface area contributed by atoms with Gasteiger partial charge in [0, 0.05) is 32.9 Å². The third kappa shape index (κ3) is 4.83. The lowest BCUT2D eigenvalue weighted by Crippen LogP contribution is -2.22. The molecule has 10 aromatic rings. The first-order valence-electron chi connectivity index (χ1n) is 18.8. The Kier molecular flexibility index (Phi) is 6.99. The zero-order valence-electron chi connectivity index (χ0n) is 30.2. The minimum Gasteiger partial charge on any atom is -0.456 e. The van der Waals surface area contributed by atoms with Gasteiger partial charge in [0.25, 0.3) is 0 Å². The molecule has 0 amide bonds. The van der Waals surface area contributed by atoms with Crippen LogP contribution in [0.2, 0.25) is 0 Å². The Hall–Kier alpha value is -7.10. The van der Waals surface area contributed by atoms with Gasteiger partial charge in [-0.25, -0.2) is 9.97 Å².